The maximum atomic E-state index is 13.6. The van der Waals surface area contributed by atoms with Crippen molar-refractivity contribution in [1.82, 2.24) is 25.3 Å². The molecule has 2 fully saturated rings. The molecule has 2 aliphatic carbocycles. The number of benzene rings is 2. The van der Waals surface area contributed by atoms with E-state index in [2.05, 4.69) is 19.9 Å². The van der Waals surface area contributed by atoms with Crippen molar-refractivity contribution < 1.29 is 36.3 Å². The normalized spacial score (nSPS) is 15.8. The van der Waals surface area contributed by atoms with E-state index >= 15 is 0 Å². The minimum Gasteiger partial charge on any atom is -0.341 e. The standard InChI is InChI=1S/C19H17F4N3O2.C17H18FN3O/c20-14-4-1-3-13(7-14)18(5-2-6-18)8-16-24-9-12(10-25-16)15(27)11-26-17(28)19(21,22)23;18-14-4-1-3-13(7-14)17(5-2-6-17)8-16-20-10-12(11-21-16)15(22)9-19/h1,3-4,7,9-10H,2,5-6,8,11H2,(H,26,28);1,3-4,7,10-11H,2,5-6,8-9,19H2. The number of hydrogen-bond donors (Lipinski definition) is 2. The van der Waals surface area contributed by atoms with Crippen molar-refractivity contribution in [3.63, 3.8) is 0 Å². The Morgan fingerprint density at radius 2 is 1.12 bits per heavy atom. The van der Waals surface area contributed by atoms with Gasteiger partial charge in [-0.3, -0.25) is 14.4 Å². The molecule has 2 aromatic heterocycles. The molecule has 50 heavy (non-hydrogen) atoms. The largest absolute Gasteiger partial charge is 0.471 e. The third-order valence-electron chi connectivity index (χ3n) is 9.40. The molecule has 2 aliphatic rings. The molecule has 2 aromatic carbocycles. The molecule has 0 saturated heterocycles. The van der Waals surface area contributed by atoms with E-state index in [-0.39, 0.29) is 40.4 Å². The van der Waals surface area contributed by atoms with Gasteiger partial charge in [0.1, 0.15) is 23.3 Å². The van der Waals surface area contributed by atoms with Gasteiger partial charge in [0.2, 0.25) is 0 Å². The van der Waals surface area contributed by atoms with E-state index in [1.54, 1.807) is 18.2 Å². The number of rotatable bonds is 11. The first kappa shape index (κ1) is 36.3. The van der Waals surface area contributed by atoms with Gasteiger partial charge < -0.3 is 11.1 Å². The van der Waals surface area contributed by atoms with E-state index < -0.39 is 24.4 Å². The first-order valence-electron chi connectivity index (χ1n) is 16.1. The van der Waals surface area contributed by atoms with Crippen LogP contribution in [0.2, 0.25) is 0 Å². The Hall–Kier alpha value is -4.98. The molecular weight excluding hydrogens is 659 g/mol. The third kappa shape index (κ3) is 8.59. The fraction of sp³-hybridized carbons (Fsp3) is 0.361. The molecule has 2 saturated carbocycles. The molecule has 0 aliphatic heterocycles. The second-order valence-electron chi connectivity index (χ2n) is 12.6. The van der Waals surface area contributed by atoms with Crippen molar-refractivity contribution >= 4 is 17.5 Å². The highest BCUT2D eigenvalue weighted by Crippen LogP contribution is 2.47. The molecule has 0 unspecified atom stereocenters. The molecule has 2 heterocycles. The molecule has 0 atom stereocenters. The summed E-state index contributed by atoms with van der Waals surface area (Å²) in [5.74, 6) is -2.47. The quantitative estimate of drug-likeness (QED) is 0.154. The predicted molar refractivity (Wildman–Crippen MR) is 172 cm³/mol. The van der Waals surface area contributed by atoms with Crippen LogP contribution in [-0.2, 0) is 28.5 Å². The van der Waals surface area contributed by atoms with Gasteiger partial charge in [-0.15, -0.1) is 0 Å². The monoisotopic (exact) mass is 694 g/mol. The fourth-order valence-corrected chi connectivity index (χ4v) is 6.24. The number of ketones is 2. The van der Waals surface area contributed by atoms with Crippen molar-refractivity contribution in [3.05, 3.63) is 119 Å². The first-order chi connectivity index (χ1) is 23.8. The fourth-order valence-electron chi connectivity index (χ4n) is 6.24. The lowest BCUT2D eigenvalue weighted by Gasteiger charge is -2.42. The molecule has 6 rings (SSSR count). The maximum absolute atomic E-state index is 13.6. The van der Waals surface area contributed by atoms with Gasteiger partial charge in [-0.1, -0.05) is 37.1 Å². The zero-order chi connectivity index (χ0) is 35.9. The molecule has 3 N–H and O–H groups in total. The van der Waals surface area contributed by atoms with Gasteiger partial charge in [0.25, 0.3) is 0 Å². The molecule has 9 nitrogen and oxygen atoms in total. The number of nitrogens with one attached hydrogen (secondary N) is 1. The predicted octanol–water partition coefficient (Wildman–Crippen LogP) is 5.56. The molecule has 14 heteroatoms. The number of alkyl halides is 3. The molecule has 0 spiro atoms. The number of nitrogens with zero attached hydrogens (tertiary/aromatic N) is 4. The highest BCUT2D eigenvalue weighted by atomic mass is 19.4. The lowest BCUT2D eigenvalue weighted by Crippen LogP contribution is -2.39. The van der Waals surface area contributed by atoms with Crippen LogP contribution in [0.5, 0.6) is 0 Å². The van der Waals surface area contributed by atoms with Gasteiger partial charge in [-0.25, -0.2) is 28.7 Å². The van der Waals surface area contributed by atoms with E-state index in [0.29, 0.717) is 30.1 Å². The van der Waals surface area contributed by atoms with Gasteiger partial charge in [0.05, 0.1) is 24.2 Å². The number of aromatic nitrogens is 4. The minimum atomic E-state index is -5.05. The van der Waals surface area contributed by atoms with Crippen LogP contribution in [0.4, 0.5) is 22.0 Å². The number of Topliss-reactive ketones (excluding diaryl/α,β-unsaturated/α-hetero) is 2. The summed E-state index contributed by atoms with van der Waals surface area (Å²) in [6.07, 6.45) is 7.44. The van der Waals surface area contributed by atoms with Crippen LogP contribution in [0.15, 0.2) is 73.3 Å². The Labute approximate surface area is 285 Å². The van der Waals surface area contributed by atoms with Gasteiger partial charge >= 0.3 is 12.1 Å². The van der Waals surface area contributed by atoms with Crippen molar-refractivity contribution in [3.8, 4) is 0 Å². The molecule has 0 bridgehead atoms. The summed E-state index contributed by atoms with van der Waals surface area (Å²) in [6.45, 7) is -0.843. The maximum Gasteiger partial charge on any atom is 0.471 e. The topological polar surface area (TPSA) is 141 Å². The molecule has 1 amide bonds. The SMILES string of the molecule is NCC(=O)c1cnc(CC2(c3cccc(F)c3)CCC2)nc1.O=C(CNC(=O)C(F)(F)F)c1cnc(CC2(c3cccc(F)c3)CCC2)nc1. The lowest BCUT2D eigenvalue weighted by atomic mass is 9.62. The van der Waals surface area contributed by atoms with E-state index in [1.165, 1.54) is 48.3 Å². The van der Waals surface area contributed by atoms with Crippen LogP contribution in [-0.4, -0.2) is 56.7 Å². The van der Waals surface area contributed by atoms with E-state index in [9.17, 15) is 36.3 Å². The van der Waals surface area contributed by atoms with Crippen LogP contribution in [0.3, 0.4) is 0 Å². The first-order valence-corrected chi connectivity index (χ1v) is 16.1. The van der Waals surface area contributed by atoms with E-state index in [0.717, 1.165) is 49.7 Å². The van der Waals surface area contributed by atoms with E-state index in [1.807, 2.05) is 12.1 Å². The Balaban J connectivity index is 0.000000200. The van der Waals surface area contributed by atoms with Crippen LogP contribution in [0.25, 0.3) is 0 Å². The Morgan fingerprint density at radius 1 is 0.700 bits per heavy atom. The Kier molecular flexibility index (Phi) is 11.1. The highest BCUT2D eigenvalue weighted by molar-refractivity contribution is 5.99. The van der Waals surface area contributed by atoms with Crippen molar-refractivity contribution in [2.75, 3.05) is 13.1 Å². The Bertz CT molecular complexity index is 1830. The number of carbonyl (C=O) groups excluding carboxylic acids is 3. The van der Waals surface area contributed by atoms with Gasteiger partial charge in [0.15, 0.2) is 11.6 Å². The lowest BCUT2D eigenvalue weighted by molar-refractivity contribution is -0.173. The molecular formula is C36H35F5N6O3. The summed E-state index contributed by atoms with van der Waals surface area (Å²) in [4.78, 5) is 51.0. The molecule has 0 radical (unpaired) electrons. The third-order valence-corrected chi connectivity index (χ3v) is 9.40. The van der Waals surface area contributed by atoms with Crippen LogP contribution < -0.4 is 11.1 Å². The smallest absolute Gasteiger partial charge is 0.341 e. The highest BCUT2D eigenvalue weighted by Gasteiger charge is 2.41. The van der Waals surface area contributed by atoms with Gasteiger partial charge in [-0.2, -0.15) is 13.2 Å². The average Bonchev–Trinajstić information content (AvgIpc) is 3.07. The summed E-state index contributed by atoms with van der Waals surface area (Å²) in [5, 5.41) is 1.51. The number of hydrogen-bond acceptors (Lipinski definition) is 8. The molecule has 4 aromatic rings. The van der Waals surface area contributed by atoms with Crippen LogP contribution >= 0.6 is 0 Å². The number of halogens is 5. The molecule has 262 valence electrons. The average molecular weight is 695 g/mol. The summed E-state index contributed by atoms with van der Waals surface area (Å²) >= 11 is 0. The Morgan fingerprint density at radius 3 is 1.46 bits per heavy atom. The summed E-state index contributed by atoms with van der Waals surface area (Å²) in [7, 11) is 0. The number of carbonyl (C=O) groups is 3. The number of nitrogens with two attached hydrogens (primary N) is 1. The van der Waals surface area contributed by atoms with Gasteiger partial charge in [0, 0.05) is 48.5 Å². The van der Waals surface area contributed by atoms with Crippen LogP contribution in [0.1, 0.15) is 82.0 Å². The van der Waals surface area contributed by atoms with Crippen molar-refractivity contribution in [2.24, 2.45) is 5.73 Å². The minimum absolute atomic E-state index is 0.000334. The van der Waals surface area contributed by atoms with Crippen molar-refractivity contribution in [2.45, 2.75) is 68.4 Å². The van der Waals surface area contributed by atoms with Gasteiger partial charge in [-0.05, 0) is 61.1 Å². The number of amides is 1. The zero-order valence-corrected chi connectivity index (χ0v) is 27.0. The van der Waals surface area contributed by atoms with Crippen molar-refractivity contribution in [1.29, 1.82) is 0 Å². The second-order valence-corrected chi connectivity index (χ2v) is 12.6. The van der Waals surface area contributed by atoms with E-state index in [4.69, 9.17) is 5.73 Å². The zero-order valence-electron chi connectivity index (χ0n) is 27.0. The second kappa shape index (κ2) is 15.3. The summed E-state index contributed by atoms with van der Waals surface area (Å²) in [6, 6.07) is 13.2. The summed E-state index contributed by atoms with van der Waals surface area (Å²) < 4.78 is 63.5. The summed E-state index contributed by atoms with van der Waals surface area (Å²) in [5.41, 5.74) is 7.29. The van der Waals surface area contributed by atoms with Crippen LogP contribution in [0, 0.1) is 11.6 Å².